The lowest BCUT2D eigenvalue weighted by atomic mass is 9.95. The zero-order chi connectivity index (χ0) is 73.3. The zero-order valence-corrected chi connectivity index (χ0v) is 60.1. The van der Waals surface area contributed by atoms with Gasteiger partial charge in [-0.25, -0.2) is 29.9 Å². The summed E-state index contributed by atoms with van der Waals surface area (Å²) in [5.74, 6) is 1.91. The maximum atomic E-state index is 5.52. The molecule has 9 heteroatoms. The van der Waals surface area contributed by atoms with Gasteiger partial charge in [0.1, 0.15) is 0 Å². The average molecular weight is 1420 g/mol. The molecule has 0 aliphatic carbocycles. The topological polar surface area (TPSA) is 92.1 Å². The van der Waals surface area contributed by atoms with Crippen LogP contribution in [-0.2, 0) is 0 Å². The van der Waals surface area contributed by atoms with E-state index in [1.54, 1.807) is 0 Å². The van der Waals surface area contributed by atoms with Crippen molar-refractivity contribution in [3.05, 3.63) is 394 Å². The fourth-order valence-electron chi connectivity index (χ4n) is 16.2. The second-order valence-corrected chi connectivity index (χ2v) is 28.2. The molecule has 0 amide bonds. The minimum Gasteiger partial charge on any atom is -0.309 e. The number of fused-ring (bicyclic) bond motifs is 9. The van der Waals surface area contributed by atoms with E-state index in [1.807, 2.05) is 66.7 Å². The van der Waals surface area contributed by atoms with Crippen LogP contribution in [0.4, 0.5) is 0 Å². The Hall–Kier alpha value is -15.1. The third-order valence-corrected chi connectivity index (χ3v) is 21.4. The van der Waals surface area contributed by atoms with Gasteiger partial charge in [-0.15, -0.1) is 0 Å². The molecular weight excluding hydrogens is 1350 g/mol. The fraction of sp³-hybridized carbons (Fsp3) is 0. The minimum atomic E-state index is 0.614. The SMILES string of the molecule is c1ccc(-c2cc(-c3cc(-c4ccc(-n5c6ccccc6c6ccccc65)cc4)cc(-c4cc(-c5cccc(-c6ccc7c(c6)c6ccccc6n7-c6cc(-c7cc(-c8ccccc8)nc(-c8ccccc8)n7)cc(-n7c8ccccc8c8ccccc87)c6)c5)nc(-c5ccccc5)n4)c3)nc(-c3ccccc3)n2)cc1. The predicted molar refractivity (Wildman–Crippen MR) is 456 cm³/mol. The largest absolute Gasteiger partial charge is 0.309 e. The summed E-state index contributed by atoms with van der Waals surface area (Å²) in [6.45, 7) is 0. The molecule has 0 aliphatic heterocycles. The third kappa shape index (κ3) is 11.7. The second-order valence-electron chi connectivity index (χ2n) is 28.2. The van der Waals surface area contributed by atoms with Crippen molar-refractivity contribution < 1.29 is 0 Å². The predicted octanol–water partition coefficient (Wildman–Crippen LogP) is 25.7. The van der Waals surface area contributed by atoms with Gasteiger partial charge in [0.2, 0.25) is 0 Å². The van der Waals surface area contributed by atoms with Gasteiger partial charge in [0.05, 0.1) is 67.3 Å². The molecule has 0 radical (unpaired) electrons. The molecule has 21 aromatic rings. The number of benzene rings is 15. The lowest BCUT2D eigenvalue weighted by Crippen LogP contribution is -2.01. The molecular formula is C102H65N9. The Morgan fingerprint density at radius 3 is 0.811 bits per heavy atom. The second kappa shape index (κ2) is 27.1. The van der Waals surface area contributed by atoms with E-state index < -0.39 is 0 Å². The van der Waals surface area contributed by atoms with E-state index in [1.165, 1.54) is 21.5 Å². The highest BCUT2D eigenvalue weighted by Crippen LogP contribution is 2.43. The summed E-state index contributed by atoms with van der Waals surface area (Å²) in [6.07, 6.45) is 0. The molecule has 6 heterocycles. The molecule has 21 rings (SSSR count). The monoisotopic (exact) mass is 1420 g/mol. The van der Waals surface area contributed by atoms with E-state index in [4.69, 9.17) is 29.9 Å². The quantitative estimate of drug-likeness (QED) is 0.108. The Morgan fingerprint density at radius 2 is 0.405 bits per heavy atom. The zero-order valence-electron chi connectivity index (χ0n) is 60.1. The van der Waals surface area contributed by atoms with Gasteiger partial charge < -0.3 is 13.7 Å². The van der Waals surface area contributed by atoms with E-state index in [0.29, 0.717) is 17.5 Å². The van der Waals surface area contributed by atoms with Crippen LogP contribution in [0.5, 0.6) is 0 Å². The first kappa shape index (κ1) is 64.3. The van der Waals surface area contributed by atoms with Crippen LogP contribution in [0.1, 0.15) is 0 Å². The number of hydrogen-bond donors (Lipinski definition) is 0. The van der Waals surface area contributed by atoms with Crippen LogP contribution in [-0.4, -0.2) is 43.6 Å². The first-order valence-corrected chi connectivity index (χ1v) is 37.5. The van der Waals surface area contributed by atoms with E-state index in [2.05, 4.69) is 341 Å². The van der Waals surface area contributed by atoms with Crippen molar-refractivity contribution in [2.75, 3.05) is 0 Å². The molecule has 0 spiro atoms. The Bertz CT molecular complexity index is 6950. The van der Waals surface area contributed by atoms with Crippen LogP contribution >= 0.6 is 0 Å². The maximum Gasteiger partial charge on any atom is 0.160 e. The standard InChI is InChI=1S/C102H65N9/c1-6-27-67(28-7-1)88-63-91(106-100(103-88)69-31-10-3-11-32-69)76-56-75(66-49-52-79(53-50-66)109-94-44-21-16-39-82(94)83-40-17-22-45-95(83)109)57-77(58-76)92-65-90(105-102(107-92)71-35-14-5-15-36-71)74-38-26-37-72(55-74)73-51-54-99-87(61-73)86-43-20-25-48-98(86)111(99)81-60-78(59-80(62-81)110-96-46-23-18-41-84(96)85-42-19-24-47-97(85)110)93-64-89(68-29-8-2-9-30-68)104-101(108-93)70-33-12-4-13-34-70/h1-65H. The van der Waals surface area contributed by atoms with Crippen molar-refractivity contribution in [3.63, 3.8) is 0 Å². The number of para-hydroxylation sites is 5. The number of rotatable bonds is 14. The minimum absolute atomic E-state index is 0.614. The molecule has 0 atom stereocenters. The van der Waals surface area contributed by atoms with E-state index >= 15 is 0 Å². The van der Waals surface area contributed by atoms with Gasteiger partial charge >= 0.3 is 0 Å². The number of hydrogen-bond acceptors (Lipinski definition) is 6. The average Bonchev–Trinajstić information content (AvgIpc) is 1.60. The molecule has 0 saturated carbocycles. The molecule has 0 fully saturated rings. The van der Waals surface area contributed by atoms with Crippen LogP contribution in [0.2, 0.25) is 0 Å². The molecule has 0 saturated heterocycles. The summed E-state index contributed by atoms with van der Waals surface area (Å²) in [7, 11) is 0. The van der Waals surface area contributed by atoms with E-state index in [0.717, 1.165) is 167 Å². The Balaban J connectivity index is 0.714. The van der Waals surface area contributed by atoms with Crippen molar-refractivity contribution in [2.45, 2.75) is 0 Å². The van der Waals surface area contributed by atoms with Gasteiger partial charge in [-0.1, -0.05) is 279 Å². The van der Waals surface area contributed by atoms with Gasteiger partial charge in [0.15, 0.2) is 17.5 Å². The van der Waals surface area contributed by atoms with Crippen molar-refractivity contribution in [3.8, 4) is 141 Å². The Morgan fingerprint density at radius 1 is 0.135 bits per heavy atom. The number of nitrogens with zero attached hydrogens (tertiary/aromatic N) is 9. The van der Waals surface area contributed by atoms with Gasteiger partial charge in [-0.3, -0.25) is 0 Å². The van der Waals surface area contributed by atoms with Crippen molar-refractivity contribution in [1.29, 1.82) is 0 Å². The van der Waals surface area contributed by atoms with Gasteiger partial charge in [-0.2, -0.15) is 0 Å². The lowest BCUT2D eigenvalue weighted by Gasteiger charge is -2.16. The first-order chi connectivity index (χ1) is 55.0. The van der Waals surface area contributed by atoms with Crippen LogP contribution in [0.25, 0.3) is 206 Å². The Labute approximate surface area is 640 Å². The lowest BCUT2D eigenvalue weighted by molar-refractivity contribution is 1.13. The first-order valence-electron chi connectivity index (χ1n) is 37.5. The Kier molecular flexibility index (Phi) is 15.7. The van der Waals surface area contributed by atoms with Gasteiger partial charge in [-0.05, 0) is 138 Å². The molecule has 111 heavy (non-hydrogen) atoms. The third-order valence-electron chi connectivity index (χ3n) is 21.4. The summed E-state index contributed by atoms with van der Waals surface area (Å²) < 4.78 is 7.19. The van der Waals surface area contributed by atoms with Gasteiger partial charge in [0, 0.05) is 99.5 Å². The van der Waals surface area contributed by atoms with Crippen LogP contribution < -0.4 is 0 Å². The molecule has 518 valence electrons. The van der Waals surface area contributed by atoms with Gasteiger partial charge in [0.25, 0.3) is 0 Å². The normalized spacial score (nSPS) is 11.6. The highest BCUT2D eigenvalue weighted by Gasteiger charge is 2.23. The van der Waals surface area contributed by atoms with Crippen molar-refractivity contribution in [2.24, 2.45) is 0 Å². The summed E-state index contributed by atoms with van der Waals surface area (Å²) in [6, 6.07) is 140. The smallest absolute Gasteiger partial charge is 0.160 e. The van der Waals surface area contributed by atoms with E-state index in [9.17, 15) is 0 Å². The molecule has 9 nitrogen and oxygen atoms in total. The maximum absolute atomic E-state index is 5.52. The van der Waals surface area contributed by atoms with E-state index in [-0.39, 0.29) is 0 Å². The van der Waals surface area contributed by atoms with Crippen LogP contribution in [0.3, 0.4) is 0 Å². The van der Waals surface area contributed by atoms with Crippen molar-refractivity contribution in [1.82, 2.24) is 43.6 Å². The molecule has 0 unspecified atom stereocenters. The van der Waals surface area contributed by atoms with Crippen LogP contribution in [0.15, 0.2) is 394 Å². The summed E-state index contributed by atoms with van der Waals surface area (Å²) in [4.78, 5) is 32.3. The molecule has 6 aromatic heterocycles. The highest BCUT2D eigenvalue weighted by molar-refractivity contribution is 6.12. The molecule has 15 aromatic carbocycles. The summed E-state index contributed by atoms with van der Waals surface area (Å²) >= 11 is 0. The summed E-state index contributed by atoms with van der Waals surface area (Å²) in [5, 5.41) is 7.08. The molecule has 0 aliphatic rings. The molecule has 0 bridgehead atoms. The number of aromatic nitrogens is 9. The van der Waals surface area contributed by atoms with Crippen LogP contribution in [0, 0.1) is 0 Å². The van der Waals surface area contributed by atoms with Crippen molar-refractivity contribution >= 4 is 65.4 Å². The summed E-state index contributed by atoms with van der Waals surface area (Å²) in [5.41, 5.74) is 27.3. The highest BCUT2D eigenvalue weighted by atomic mass is 15.0. The fourth-order valence-corrected chi connectivity index (χ4v) is 16.2. The molecule has 0 N–H and O–H groups in total.